The van der Waals surface area contributed by atoms with E-state index < -0.39 is 12.1 Å². The van der Waals surface area contributed by atoms with Crippen LogP contribution in [0, 0.1) is 5.92 Å². The van der Waals surface area contributed by atoms with Gasteiger partial charge in [-0.05, 0) is 0 Å². The van der Waals surface area contributed by atoms with Gasteiger partial charge < -0.3 is 14.7 Å². The highest BCUT2D eigenvalue weighted by Crippen LogP contribution is 2.24. The van der Waals surface area contributed by atoms with Crippen molar-refractivity contribution in [1.29, 1.82) is 0 Å². The van der Waals surface area contributed by atoms with Gasteiger partial charge in [0, 0.05) is 19.0 Å². The molecule has 15 heavy (non-hydrogen) atoms. The maximum absolute atomic E-state index is 11.9. The molecule has 0 saturated carbocycles. The molecular formula is C8H12F3NO3. The van der Waals surface area contributed by atoms with E-state index in [2.05, 4.69) is 0 Å². The van der Waals surface area contributed by atoms with Gasteiger partial charge in [0.15, 0.2) is 0 Å². The van der Waals surface area contributed by atoms with E-state index in [4.69, 9.17) is 9.84 Å². The van der Waals surface area contributed by atoms with Crippen LogP contribution in [0.5, 0.6) is 0 Å². The average molecular weight is 227 g/mol. The van der Waals surface area contributed by atoms with Gasteiger partial charge in [0.25, 0.3) is 0 Å². The first-order chi connectivity index (χ1) is 6.95. The Hall–Kier alpha value is -0.820. The van der Waals surface area contributed by atoms with E-state index in [0.29, 0.717) is 0 Å². The number of aliphatic hydroxyl groups excluding tert-OH is 1. The zero-order chi connectivity index (χ0) is 11.5. The summed E-state index contributed by atoms with van der Waals surface area (Å²) in [5, 5.41) is 8.38. The molecule has 1 N–H and O–H groups in total. The van der Waals surface area contributed by atoms with Crippen molar-refractivity contribution in [3.05, 3.63) is 0 Å². The van der Waals surface area contributed by atoms with Crippen molar-refractivity contribution < 1.29 is 27.8 Å². The molecule has 1 heterocycles. The minimum Gasteiger partial charge on any atom is -0.394 e. The largest absolute Gasteiger partial charge is 0.471 e. The van der Waals surface area contributed by atoms with Crippen LogP contribution >= 0.6 is 0 Å². The summed E-state index contributed by atoms with van der Waals surface area (Å²) in [5.41, 5.74) is 0. The molecule has 1 rings (SSSR count). The molecule has 0 aromatic heterocycles. The second-order valence-electron chi connectivity index (χ2n) is 3.37. The molecule has 0 spiro atoms. The number of hydrogen-bond donors (Lipinski definition) is 1. The SMILES string of the molecule is O=C(N1CC(COCCO)C1)C(F)(F)F. The second kappa shape index (κ2) is 4.80. The van der Waals surface area contributed by atoms with Gasteiger partial charge in [-0.3, -0.25) is 4.79 Å². The van der Waals surface area contributed by atoms with Crippen LogP contribution in [-0.2, 0) is 9.53 Å². The smallest absolute Gasteiger partial charge is 0.394 e. The number of amides is 1. The average Bonchev–Trinajstić information content (AvgIpc) is 2.06. The molecule has 0 unspecified atom stereocenters. The highest BCUT2D eigenvalue weighted by Gasteiger charge is 2.46. The van der Waals surface area contributed by atoms with Crippen molar-refractivity contribution in [2.75, 3.05) is 32.9 Å². The number of aliphatic hydroxyl groups is 1. The van der Waals surface area contributed by atoms with Crippen LogP contribution in [0.25, 0.3) is 0 Å². The molecule has 88 valence electrons. The second-order valence-corrected chi connectivity index (χ2v) is 3.37. The number of hydrogen-bond acceptors (Lipinski definition) is 3. The Morgan fingerprint density at radius 3 is 2.53 bits per heavy atom. The Bertz CT molecular complexity index is 226. The first kappa shape index (κ1) is 12.3. The zero-order valence-electron chi connectivity index (χ0n) is 7.96. The minimum atomic E-state index is -4.78. The standard InChI is InChI=1S/C8H12F3NO3/c9-8(10,11)7(14)12-3-6(4-12)5-15-2-1-13/h6,13H,1-5H2. The molecule has 0 aromatic carbocycles. The van der Waals surface area contributed by atoms with E-state index in [1.54, 1.807) is 0 Å². The third-order valence-electron chi connectivity index (χ3n) is 2.08. The Morgan fingerprint density at radius 1 is 1.47 bits per heavy atom. The number of likely N-dealkylation sites (tertiary alicyclic amines) is 1. The van der Waals surface area contributed by atoms with Crippen molar-refractivity contribution in [2.24, 2.45) is 5.92 Å². The van der Waals surface area contributed by atoms with Gasteiger partial charge in [-0.1, -0.05) is 0 Å². The lowest BCUT2D eigenvalue weighted by Gasteiger charge is -2.39. The van der Waals surface area contributed by atoms with Crippen molar-refractivity contribution in [1.82, 2.24) is 4.90 Å². The fourth-order valence-corrected chi connectivity index (χ4v) is 1.33. The molecule has 1 saturated heterocycles. The van der Waals surface area contributed by atoms with Crippen LogP contribution < -0.4 is 0 Å². The van der Waals surface area contributed by atoms with Crippen LogP contribution in [0.15, 0.2) is 0 Å². The number of ether oxygens (including phenoxy) is 1. The van der Waals surface area contributed by atoms with Crippen LogP contribution in [0.1, 0.15) is 0 Å². The van der Waals surface area contributed by atoms with Crippen molar-refractivity contribution in [3.63, 3.8) is 0 Å². The third-order valence-corrected chi connectivity index (χ3v) is 2.08. The molecule has 0 aromatic rings. The van der Waals surface area contributed by atoms with Crippen LogP contribution in [0.3, 0.4) is 0 Å². The van der Waals surface area contributed by atoms with E-state index in [1.807, 2.05) is 0 Å². The van der Waals surface area contributed by atoms with Crippen LogP contribution in [-0.4, -0.2) is 55.0 Å². The Kier molecular flexibility index (Phi) is 3.92. The van der Waals surface area contributed by atoms with Gasteiger partial charge in [0.05, 0.1) is 19.8 Å². The fraction of sp³-hybridized carbons (Fsp3) is 0.875. The first-order valence-corrected chi connectivity index (χ1v) is 4.50. The summed E-state index contributed by atoms with van der Waals surface area (Å²) in [6.45, 7) is 0.484. The fourth-order valence-electron chi connectivity index (χ4n) is 1.33. The Balaban J connectivity index is 2.17. The Morgan fingerprint density at radius 2 is 2.07 bits per heavy atom. The van der Waals surface area contributed by atoms with E-state index in [-0.39, 0.29) is 38.8 Å². The molecule has 0 aliphatic carbocycles. The van der Waals surface area contributed by atoms with E-state index in [1.165, 1.54) is 0 Å². The minimum absolute atomic E-state index is 0.0529. The van der Waals surface area contributed by atoms with Gasteiger partial charge in [0.1, 0.15) is 0 Å². The number of carbonyl (C=O) groups excluding carboxylic acids is 1. The molecule has 0 bridgehead atoms. The summed E-state index contributed by atoms with van der Waals surface area (Å²) < 4.78 is 40.6. The molecular weight excluding hydrogens is 215 g/mol. The molecule has 0 radical (unpaired) electrons. The van der Waals surface area contributed by atoms with Gasteiger partial charge in [0.2, 0.25) is 0 Å². The highest BCUT2D eigenvalue weighted by atomic mass is 19.4. The quantitative estimate of drug-likeness (QED) is 0.688. The maximum atomic E-state index is 11.9. The molecule has 1 aliphatic heterocycles. The topological polar surface area (TPSA) is 49.8 Å². The van der Waals surface area contributed by atoms with Crippen LogP contribution in [0.2, 0.25) is 0 Å². The lowest BCUT2D eigenvalue weighted by molar-refractivity contribution is -0.192. The number of halogens is 3. The highest BCUT2D eigenvalue weighted by molar-refractivity contribution is 5.82. The summed E-state index contributed by atoms with van der Waals surface area (Å²) in [6, 6.07) is 0. The number of alkyl halides is 3. The summed E-state index contributed by atoms with van der Waals surface area (Å²) in [5.74, 6) is -1.84. The monoisotopic (exact) mass is 227 g/mol. The number of rotatable bonds is 4. The zero-order valence-corrected chi connectivity index (χ0v) is 7.96. The predicted octanol–water partition coefficient (Wildman–Crippen LogP) is 0.0160. The normalized spacial score (nSPS) is 17.7. The van der Waals surface area contributed by atoms with E-state index >= 15 is 0 Å². The first-order valence-electron chi connectivity index (χ1n) is 4.50. The summed E-state index contributed by atoms with van der Waals surface area (Å²) in [4.78, 5) is 11.4. The number of carbonyl (C=O) groups is 1. The van der Waals surface area contributed by atoms with Gasteiger partial charge in [-0.15, -0.1) is 0 Å². The van der Waals surface area contributed by atoms with Gasteiger partial charge in [-0.25, -0.2) is 0 Å². The Labute approximate surface area is 84.6 Å². The van der Waals surface area contributed by atoms with Crippen molar-refractivity contribution in [2.45, 2.75) is 6.18 Å². The molecule has 1 fully saturated rings. The van der Waals surface area contributed by atoms with Gasteiger partial charge >= 0.3 is 12.1 Å². The number of nitrogens with zero attached hydrogens (tertiary/aromatic N) is 1. The summed E-state index contributed by atoms with van der Waals surface area (Å²) >= 11 is 0. The predicted molar refractivity (Wildman–Crippen MR) is 44.0 cm³/mol. The molecule has 1 amide bonds. The summed E-state index contributed by atoms with van der Waals surface area (Å²) in [7, 11) is 0. The van der Waals surface area contributed by atoms with Crippen molar-refractivity contribution in [3.8, 4) is 0 Å². The lowest BCUT2D eigenvalue weighted by atomic mass is 10.0. The van der Waals surface area contributed by atoms with Gasteiger partial charge in [-0.2, -0.15) is 13.2 Å². The molecule has 4 nitrogen and oxygen atoms in total. The lowest BCUT2D eigenvalue weighted by Crippen LogP contribution is -2.55. The molecule has 7 heteroatoms. The van der Waals surface area contributed by atoms with Crippen molar-refractivity contribution >= 4 is 5.91 Å². The van der Waals surface area contributed by atoms with Crippen LogP contribution in [0.4, 0.5) is 13.2 Å². The summed E-state index contributed by atoms with van der Waals surface area (Å²) in [6.07, 6.45) is -4.78. The third kappa shape index (κ3) is 3.35. The van der Waals surface area contributed by atoms with E-state index in [0.717, 1.165) is 4.90 Å². The van der Waals surface area contributed by atoms with E-state index in [9.17, 15) is 18.0 Å². The molecule has 1 aliphatic rings. The maximum Gasteiger partial charge on any atom is 0.471 e. The molecule has 0 atom stereocenters.